The van der Waals surface area contributed by atoms with Gasteiger partial charge in [-0.2, -0.15) is 0 Å². The number of hydrogen-bond acceptors (Lipinski definition) is 6. The Morgan fingerprint density at radius 2 is 2.21 bits per heavy atom. The van der Waals surface area contributed by atoms with Crippen molar-refractivity contribution in [1.82, 2.24) is 9.88 Å². The van der Waals surface area contributed by atoms with Gasteiger partial charge in [0.25, 0.3) is 11.8 Å². The molecule has 0 aromatic carbocycles. The summed E-state index contributed by atoms with van der Waals surface area (Å²) < 4.78 is 0. The number of anilines is 1. The molecule has 2 heterocycles. The van der Waals surface area contributed by atoms with Crippen LogP contribution in [0.25, 0.3) is 5.57 Å². The fraction of sp³-hybridized carbons (Fsp3) is 0.368. The van der Waals surface area contributed by atoms with E-state index in [1.165, 1.54) is 11.8 Å². The number of carbonyl (C=O) groups is 3. The summed E-state index contributed by atoms with van der Waals surface area (Å²) in [5.41, 5.74) is 5.22. The molecule has 4 N–H and O–H groups in total. The number of likely N-dealkylation sites (N-methyl/N-ethyl adjacent to an activating group) is 1. The van der Waals surface area contributed by atoms with Crippen LogP contribution in [0.15, 0.2) is 17.7 Å². The molecule has 1 aliphatic heterocycles. The second-order valence-electron chi connectivity index (χ2n) is 6.70. The van der Waals surface area contributed by atoms with E-state index >= 15 is 0 Å². The summed E-state index contributed by atoms with van der Waals surface area (Å²) in [4.78, 5) is 40.7. The van der Waals surface area contributed by atoms with E-state index in [0.717, 1.165) is 22.5 Å². The molecule has 1 fully saturated rings. The lowest BCUT2D eigenvalue weighted by Gasteiger charge is -2.14. The minimum Gasteiger partial charge on any atom is -0.369 e. The number of allylic oxidation sites excluding steroid dienone is 4. The number of thiazole rings is 1. The fourth-order valence-electron chi connectivity index (χ4n) is 2.96. The van der Waals surface area contributed by atoms with Gasteiger partial charge in [-0.1, -0.05) is 29.3 Å². The van der Waals surface area contributed by atoms with E-state index in [4.69, 9.17) is 5.73 Å². The number of primary amides is 1. The normalized spacial score (nSPS) is 21.5. The molecule has 28 heavy (non-hydrogen) atoms. The van der Waals surface area contributed by atoms with Gasteiger partial charge < -0.3 is 21.1 Å². The highest BCUT2D eigenvalue weighted by Gasteiger charge is 2.42. The predicted molar refractivity (Wildman–Crippen MR) is 105 cm³/mol. The lowest BCUT2D eigenvalue weighted by atomic mass is 9.97. The van der Waals surface area contributed by atoms with Crippen molar-refractivity contribution in [3.05, 3.63) is 28.4 Å². The number of nitrogens with zero attached hydrogens (tertiary/aromatic N) is 2. The molecule has 1 atom stereocenters. The monoisotopic (exact) mass is 400 g/mol. The molecule has 1 aromatic heterocycles. The van der Waals surface area contributed by atoms with E-state index in [9.17, 15) is 19.5 Å². The van der Waals surface area contributed by atoms with E-state index in [1.54, 1.807) is 7.05 Å². The van der Waals surface area contributed by atoms with Gasteiger partial charge in [-0.05, 0) is 18.9 Å². The van der Waals surface area contributed by atoms with E-state index < -0.39 is 17.4 Å². The summed E-state index contributed by atoms with van der Waals surface area (Å²) in [5, 5.41) is 13.8. The lowest BCUT2D eigenvalue weighted by Crippen LogP contribution is -2.37. The molecule has 0 unspecified atom stereocenters. The quantitative estimate of drug-likeness (QED) is 0.650. The molecular formula is C19H20N4O4S. The maximum Gasteiger partial charge on any atom is 0.270 e. The first kappa shape index (κ1) is 19.8. The maximum absolute atomic E-state index is 12.0. The SMILES string of the molecule is CC(=O)Nc1sc(C2=CCCC(C#C[C@]3(O)CCN(C)C3=O)=C2)nc1C(N)=O. The highest BCUT2D eigenvalue weighted by molar-refractivity contribution is 7.17. The minimum atomic E-state index is -1.64. The van der Waals surface area contributed by atoms with Crippen LogP contribution >= 0.6 is 11.3 Å². The largest absolute Gasteiger partial charge is 0.369 e. The van der Waals surface area contributed by atoms with Crippen LogP contribution in [0.1, 0.15) is 41.7 Å². The number of aromatic nitrogens is 1. The molecule has 3 rings (SSSR count). The molecule has 0 saturated carbocycles. The van der Waals surface area contributed by atoms with Gasteiger partial charge in [-0.15, -0.1) is 0 Å². The van der Waals surface area contributed by atoms with Crippen LogP contribution in [0.5, 0.6) is 0 Å². The van der Waals surface area contributed by atoms with E-state index in [-0.39, 0.29) is 18.0 Å². The Morgan fingerprint density at radius 3 is 2.82 bits per heavy atom. The Labute approximate surface area is 166 Å². The zero-order valence-corrected chi connectivity index (χ0v) is 16.4. The number of rotatable bonds is 3. The Bertz CT molecular complexity index is 982. The molecule has 9 heteroatoms. The van der Waals surface area contributed by atoms with Gasteiger partial charge in [0.2, 0.25) is 11.5 Å². The van der Waals surface area contributed by atoms with Gasteiger partial charge in [0.15, 0.2) is 5.69 Å². The standard InChI is InChI=1S/C19H20N4O4S/c1-11(24)21-17-14(15(20)25)22-16(28-17)13-5-3-4-12(10-13)6-7-19(27)8-9-23(2)18(19)26/h5,10,27H,3-4,8-9H2,1-2H3,(H2,20,25)(H,21,24)/t19-/m0/s1. The Kier molecular flexibility index (Phi) is 5.36. The third-order valence-electron chi connectivity index (χ3n) is 4.44. The number of aliphatic hydroxyl groups is 1. The summed E-state index contributed by atoms with van der Waals surface area (Å²) in [5.74, 6) is 4.19. The second kappa shape index (κ2) is 7.58. The van der Waals surface area contributed by atoms with Gasteiger partial charge in [-0.25, -0.2) is 4.98 Å². The first-order valence-electron chi connectivity index (χ1n) is 8.70. The summed E-state index contributed by atoms with van der Waals surface area (Å²) in [6, 6.07) is 0. The topological polar surface area (TPSA) is 126 Å². The number of hydrogen-bond donors (Lipinski definition) is 3. The molecule has 0 radical (unpaired) electrons. The molecule has 8 nitrogen and oxygen atoms in total. The van der Waals surface area contributed by atoms with Crippen molar-refractivity contribution < 1.29 is 19.5 Å². The molecule has 1 aliphatic carbocycles. The van der Waals surface area contributed by atoms with Crippen LogP contribution in [-0.4, -0.2) is 51.9 Å². The summed E-state index contributed by atoms with van der Waals surface area (Å²) >= 11 is 1.15. The van der Waals surface area contributed by atoms with Crippen molar-refractivity contribution >= 4 is 39.6 Å². The molecule has 3 amide bonds. The van der Waals surface area contributed by atoms with Crippen LogP contribution in [0, 0.1) is 11.8 Å². The average molecular weight is 400 g/mol. The van der Waals surface area contributed by atoms with Crippen LogP contribution < -0.4 is 11.1 Å². The van der Waals surface area contributed by atoms with Crippen LogP contribution in [0.2, 0.25) is 0 Å². The first-order chi connectivity index (χ1) is 13.2. The lowest BCUT2D eigenvalue weighted by molar-refractivity contribution is -0.137. The van der Waals surface area contributed by atoms with Crippen molar-refractivity contribution in [3.8, 4) is 11.8 Å². The van der Waals surface area contributed by atoms with Crippen LogP contribution in [-0.2, 0) is 9.59 Å². The molecular weight excluding hydrogens is 380 g/mol. The average Bonchev–Trinajstić information content (AvgIpc) is 3.17. The van der Waals surface area contributed by atoms with E-state index in [2.05, 4.69) is 22.1 Å². The van der Waals surface area contributed by atoms with Crippen molar-refractivity contribution in [2.45, 2.75) is 31.8 Å². The van der Waals surface area contributed by atoms with E-state index in [1.807, 2.05) is 12.2 Å². The van der Waals surface area contributed by atoms with Crippen LogP contribution in [0.3, 0.4) is 0 Å². The molecule has 2 aliphatic rings. The van der Waals surface area contributed by atoms with Crippen molar-refractivity contribution in [2.75, 3.05) is 18.9 Å². The second-order valence-corrected chi connectivity index (χ2v) is 7.70. The Hall–Kier alpha value is -2.96. The molecule has 1 aromatic rings. The van der Waals surface area contributed by atoms with Gasteiger partial charge in [0.1, 0.15) is 10.0 Å². The number of likely N-dealkylation sites (tertiary alicyclic amines) is 1. The van der Waals surface area contributed by atoms with Gasteiger partial charge in [0, 0.05) is 38.1 Å². The summed E-state index contributed by atoms with van der Waals surface area (Å²) in [6.07, 6.45) is 5.41. The molecule has 0 spiro atoms. The first-order valence-corrected chi connectivity index (χ1v) is 9.52. The highest BCUT2D eigenvalue weighted by atomic mass is 32.1. The minimum absolute atomic E-state index is 0.0107. The number of carbonyl (C=O) groups excluding carboxylic acids is 3. The van der Waals surface area contributed by atoms with Crippen LogP contribution in [0.4, 0.5) is 5.00 Å². The third kappa shape index (κ3) is 3.98. The summed E-state index contributed by atoms with van der Waals surface area (Å²) in [7, 11) is 1.63. The van der Waals surface area contributed by atoms with Crippen molar-refractivity contribution in [2.24, 2.45) is 5.73 Å². The van der Waals surface area contributed by atoms with Gasteiger partial charge in [-0.3, -0.25) is 14.4 Å². The zero-order chi connectivity index (χ0) is 20.5. The number of nitrogens with one attached hydrogen (secondary N) is 1. The smallest absolute Gasteiger partial charge is 0.270 e. The van der Waals surface area contributed by atoms with Crippen molar-refractivity contribution in [3.63, 3.8) is 0 Å². The third-order valence-corrected chi connectivity index (χ3v) is 5.46. The summed E-state index contributed by atoms with van der Waals surface area (Å²) in [6.45, 7) is 1.80. The highest BCUT2D eigenvalue weighted by Crippen LogP contribution is 2.33. The number of nitrogens with two attached hydrogens (primary N) is 1. The Morgan fingerprint density at radius 1 is 1.46 bits per heavy atom. The van der Waals surface area contributed by atoms with Gasteiger partial charge in [0.05, 0.1) is 0 Å². The van der Waals surface area contributed by atoms with E-state index in [0.29, 0.717) is 29.4 Å². The number of amides is 3. The molecule has 0 bridgehead atoms. The predicted octanol–water partition coefficient (Wildman–Crippen LogP) is 0.901. The molecule has 1 saturated heterocycles. The zero-order valence-electron chi connectivity index (χ0n) is 15.5. The Balaban J connectivity index is 1.87. The van der Waals surface area contributed by atoms with Gasteiger partial charge >= 0.3 is 0 Å². The molecule has 146 valence electrons. The van der Waals surface area contributed by atoms with Crippen molar-refractivity contribution in [1.29, 1.82) is 0 Å². The fourth-order valence-corrected chi connectivity index (χ4v) is 3.99. The maximum atomic E-state index is 12.0.